The van der Waals surface area contributed by atoms with Crippen LogP contribution in [0.3, 0.4) is 0 Å². The largest absolute Gasteiger partial charge is 0.382 e. The fourth-order valence-corrected chi connectivity index (χ4v) is 1.38. The van der Waals surface area contributed by atoms with Gasteiger partial charge < -0.3 is 15.4 Å². The zero-order valence-electron chi connectivity index (χ0n) is 7.39. The molecule has 1 heterocycles. The van der Waals surface area contributed by atoms with Crippen molar-refractivity contribution in [3.8, 4) is 0 Å². The summed E-state index contributed by atoms with van der Waals surface area (Å²) in [6, 6.07) is 0.596. The fraction of sp³-hybridized carbons (Fsp3) is 1.00. The van der Waals surface area contributed by atoms with Gasteiger partial charge in [-0.1, -0.05) is 0 Å². The van der Waals surface area contributed by atoms with Crippen LogP contribution in [-0.4, -0.2) is 38.9 Å². The second kappa shape index (κ2) is 4.70. The molecule has 0 spiro atoms. The monoisotopic (exact) mass is 158 g/mol. The zero-order chi connectivity index (χ0) is 8.10. The van der Waals surface area contributed by atoms with Crippen LogP contribution in [0.5, 0.6) is 0 Å². The average Bonchev–Trinajstić information content (AvgIpc) is 2.06. The Hall–Kier alpha value is -0.120. The first kappa shape index (κ1) is 8.97. The molecular weight excluding hydrogens is 140 g/mol. The molecule has 1 aliphatic rings. The molecule has 1 unspecified atom stereocenters. The molecule has 2 N–H and O–H groups in total. The molecule has 0 aromatic heterocycles. The van der Waals surface area contributed by atoms with Crippen molar-refractivity contribution in [3.05, 3.63) is 0 Å². The first-order chi connectivity index (χ1) is 5.33. The highest BCUT2D eigenvalue weighted by molar-refractivity contribution is 4.76. The van der Waals surface area contributed by atoms with E-state index in [9.17, 15) is 0 Å². The molecule has 0 bridgehead atoms. The summed E-state index contributed by atoms with van der Waals surface area (Å²) in [4.78, 5) is 0. The summed E-state index contributed by atoms with van der Waals surface area (Å²) in [5.74, 6) is 0. The highest BCUT2D eigenvalue weighted by atomic mass is 16.5. The number of nitrogens with one attached hydrogen (secondary N) is 2. The molecule has 66 valence electrons. The minimum Gasteiger partial charge on any atom is -0.382 e. The SMILES string of the molecule is COC(C)C[C@H]1CNCCN1. The van der Waals surface area contributed by atoms with E-state index in [1.807, 2.05) is 0 Å². The van der Waals surface area contributed by atoms with Crippen LogP contribution in [-0.2, 0) is 4.74 Å². The third-order valence-electron chi connectivity index (χ3n) is 2.14. The van der Waals surface area contributed by atoms with Crippen molar-refractivity contribution in [2.45, 2.75) is 25.5 Å². The lowest BCUT2D eigenvalue weighted by atomic mass is 10.1. The van der Waals surface area contributed by atoms with Gasteiger partial charge in [-0.15, -0.1) is 0 Å². The molecule has 1 aliphatic heterocycles. The van der Waals surface area contributed by atoms with Gasteiger partial charge >= 0.3 is 0 Å². The Bertz CT molecular complexity index is 102. The van der Waals surface area contributed by atoms with Gasteiger partial charge in [-0.05, 0) is 13.3 Å². The molecule has 11 heavy (non-hydrogen) atoms. The molecule has 1 rings (SSSR count). The molecule has 2 atom stereocenters. The number of piperazine rings is 1. The lowest BCUT2D eigenvalue weighted by molar-refractivity contribution is 0.0984. The van der Waals surface area contributed by atoms with Crippen molar-refractivity contribution in [3.63, 3.8) is 0 Å². The van der Waals surface area contributed by atoms with Crippen LogP contribution in [0.25, 0.3) is 0 Å². The maximum Gasteiger partial charge on any atom is 0.0558 e. The lowest BCUT2D eigenvalue weighted by Crippen LogP contribution is -2.49. The van der Waals surface area contributed by atoms with Crippen LogP contribution < -0.4 is 10.6 Å². The first-order valence-corrected chi connectivity index (χ1v) is 4.30. The minimum atomic E-state index is 0.368. The maximum atomic E-state index is 5.19. The van der Waals surface area contributed by atoms with Gasteiger partial charge in [-0.2, -0.15) is 0 Å². The normalized spacial score (nSPS) is 28.4. The highest BCUT2D eigenvalue weighted by Gasteiger charge is 2.14. The predicted molar refractivity (Wildman–Crippen MR) is 45.7 cm³/mol. The zero-order valence-corrected chi connectivity index (χ0v) is 7.39. The smallest absolute Gasteiger partial charge is 0.0558 e. The Morgan fingerprint density at radius 2 is 2.36 bits per heavy atom. The van der Waals surface area contributed by atoms with Crippen LogP contribution in [0.1, 0.15) is 13.3 Å². The van der Waals surface area contributed by atoms with E-state index >= 15 is 0 Å². The summed E-state index contributed by atoms with van der Waals surface area (Å²) in [5.41, 5.74) is 0. The van der Waals surface area contributed by atoms with Crippen molar-refractivity contribution in [1.82, 2.24) is 10.6 Å². The number of rotatable bonds is 3. The summed E-state index contributed by atoms with van der Waals surface area (Å²) >= 11 is 0. The summed E-state index contributed by atoms with van der Waals surface area (Å²) in [6.45, 7) is 5.36. The quantitative estimate of drug-likeness (QED) is 0.605. The van der Waals surface area contributed by atoms with Crippen LogP contribution >= 0.6 is 0 Å². The summed E-state index contributed by atoms with van der Waals surface area (Å²) in [7, 11) is 1.76. The van der Waals surface area contributed by atoms with E-state index in [-0.39, 0.29) is 0 Å². The summed E-state index contributed by atoms with van der Waals surface area (Å²) in [6.07, 6.45) is 1.47. The molecule has 1 saturated heterocycles. The number of hydrogen-bond acceptors (Lipinski definition) is 3. The lowest BCUT2D eigenvalue weighted by Gasteiger charge is -2.26. The standard InChI is InChI=1S/C8H18N2O/c1-7(11-2)5-8-6-9-3-4-10-8/h7-10H,3-6H2,1-2H3/t7?,8-/m0/s1. The van der Waals surface area contributed by atoms with E-state index in [2.05, 4.69) is 17.6 Å². The van der Waals surface area contributed by atoms with Gasteiger partial charge in [0.2, 0.25) is 0 Å². The molecule has 3 nitrogen and oxygen atoms in total. The van der Waals surface area contributed by atoms with Crippen LogP contribution in [0.4, 0.5) is 0 Å². The number of methoxy groups -OCH3 is 1. The second-order valence-electron chi connectivity index (χ2n) is 3.14. The van der Waals surface area contributed by atoms with E-state index in [4.69, 9.17) is 4.74 Å². The average molecular weight is 158 g/mol. The topological polar surface area (TPSA) is 33.3 Å². The van der Waals surface area contributed by atoms with Crippen LogP contribution in [0.15, 0.2) is 0 Å². The Balaban J connectivity index is 2.13. The van der Waals surface area contributed by atoms with Gasteiger partial charge in [-0.25, -0.2) is 0 Å². The van der Waals surface area contributed by atoms with E-state index in [0.717, 1.165) is 26.1 Å². The Morgan fingerprint density at radius 3 is 2.91 bits per heavy atom. The molecule has 3 heteroatoms. The molecule has 0 saturated carbocycles. The van der Waals surface area contributed by atoms with Gasteiger partial charge in [0.1, 0.15) is 0 Å². The van der Waals surface area contributed by atoms with E-state index < -0.39 is 0 Å². The fourth-order valence-electron chi connectivity index (χ4n) is 1.38. The Kier molecular flexibility index (Phi) is 3.83. The van der Waals surface area contributed by atoms with Crippen LogP contribution in [0, 0.1) is 0 Å². The first-order valence-electron chi connectivity index (χ1n) is 4.30. The van der Waals surface area contributed by atoms with Crippen molar-refractivity contribution in [2.24, 2.45) is 0 Å². The van der Waals surface area contributed by atoms with E-state index in [0.29, 0.717) is 12.1 Å². The molecule has 0 radical (unpaired) electrons. The van der Waals surface area contributed by atoms with Gasteiger partial charge in [0, 0.05) is 32.8 Å². The third kappa shape index (κ3) is 3.18. The van der Waals surface area contributed by atoms with E-state index in [1.54, 1.807) is 7.11 Å². The molecule has 1 fully saturated rings. The van der Waals surface area contributed by atoms with Gasteiger partial charge in [0.15, 0.2) is 0 Å². The van der Waals surface area contributed by atoms with E-state index in [1.165, 1.54) is 0 Å². The van der Waals surface area contributed by atoms with Crippen molar-refractivity contribution in [1.29, 1.82) is 0 Å². The van der Waals surface area contributed by atoms with Gasteiger partial charge in [0.05, 0.1) is 6.10 Å². The second-order valence-corrected chi connectivity index (χ2v) is 3.14. The van der Waals surface area contributed by atoms with Crippen molar-refractivity contribution >= 4 is 0 Å². The third-order valence-corrected chi connectivity index (χ3v) is 2.14. The number of hydrogen-bond donors (Lipinski definition) is 2. The van der Waals surface area contributed by atoms with Crippen LogP contribution in [0.2, 0.25) is 0 Å². The Labute approximate surface area is 68.5 Å². The summed E-state index contributed by atoms with van der Waals surface area (Å²) in [5, 5.41) is 6.79. The maximum absolute atomic E-state index is 5.19. The van der Waals surface area contributed by atoms with Crippen molar-refractivity contribution < 1.29 is 4.74 Å². The molecular formula is C8H18N2O. The highest BCUT2D eigenvalue weighted by Crippen LogP contribution is 2.01. The number of ether oxygens (including phenoxy) is 1. The van der Waals surface area contributed by atoms with Crippen molar-refractivity contribution in [2.75, 3.05) is 26.7 Å². The Morgan fingerprint density at radius 1 is 1.55 bits per heavy atom. The minimum absolute atomic E-state index is 0.368. The molecule has 0 aromatic carbocycles. The summed E-state index contributed by atoms with van der Waals surface area (Å²) < 4.78 is 5.19. The molecule has 0 aromatic rings. The van der Waals surface area contributed by atoms with Gasteiger partial charge in [0.25, 0.3) is 0 Å². The molecule has 0 aliphatic carbocycles. The van der Waals surface area contributed by atoms with Gasteiger partial charge in [-0.3, -0.25) is 0 Å². The molecule has 0 amide bonds. The predicted octanol–water partition coefficient (Wildman–Crippen LogP) is -0.0272.